The molecule has 1 aromatic carbocycles. The van der Waals surface area contributed by atoms with Crippen molar-refractivity contribution >= 4 is 17.5 Å². The van der Waals surface area contributed by atoms with E-state index in [9.17, 15) is 9.59 Å². The maximum atomic E-state index is 12.0. The highest BCUT2D eigenvalue weighted by atomic mass is 16.2. The van der Waals surface area contributed by atoms with Crippen LogP contribution in [0.25, 0.3) is 0 Å². The second-order valence-electron chi connectivity index (χ2n) is 4.58. The van der Waals surface area contributed by atoms with Gasteiger partial charge in [-0.05, 0) is 30.9 Å². The molecule has 1 aliphatic heterocycles. The molecule has 0 unspecified atom stereocenters. The number of carbonyl (C=O) groups excluding carboxylic acids is 2. The second kappa shape index (κ2) is 3.87. The minimum absolute atomic E-state index is 0.226. The fraction of sp³-hybridized carbons (Fsp3) is 0.385. The molecule has 1 aromatic rings. The molecule has 0 radical (unpaired) electrons. The molecule has 1 N–H and O–H groups in total. The number of fused-ring (bicyclic) bond motifs is 1. The topological polar surface area (TPSA) is 49.4 Å². The highest BCUT2D eigenvalue weighted by Gasteiger charge is 2.32. The van der Waals surface area contributed by atoms with Crippen molar-refractivity contribution < 1.29 is 9.59 Å². The zero-order valence-electron chi connectivity index (χ0n) is 9.48. The molecule has 1 fully saturated rings. The lowest BCUT2D eigenvalue weighted by molar-refractivity contribution is -0.137. The molecule has 3 rings (SSSR count). The number of anilines is 1. The number of nitrogens with one attached hydrogen (secondary N) is 1. The smallest absolute Gasteiger partial charge is 0.316 e. The van der Waals surface area contributed by atoms with E-state index >= 15 is 0 Å². The van der Waals surface area contributed by atoms with Crippen LogP contribution >= 0.6 is 0 Å². The zero-order valence-corrected chi connectivity index (χ0v) is 9.48. The monoisotopic (exact) mass is 230 g/mol. The van der Waals surface area contributed by atoms with Crippen molar-refractivity contribution in [3.63, 3.8) is 0 Å². The molecule has 0 aromatic heterocycles. The molecule has 17 heavy (non-hydrogen) atoms. The first-order valence-electron chi connectivity index (χ1n) is 5.96. The van der Waals surface area contributed by atoms with Crippen molar-refractivity contribution in [3.8, 4) is 0 Å². The first kappa shape index (κ1) is 10.3. The average Bonchev–Trinajstić information content (AvgIpc) is 3.05. The van der Waals surface area contributed by atoms with Crippen molar-refractivity contribution in [3.05, 3.63) is 29.8 Å². The van der Waals surface area contributed by atoms with Crippen molar-refractivity contribution in [2.45, 2.75) is 25.3 Å². The standard InChI is InChI=1S/C13H14N2O2/c16-12(14-10-5-6-10)13(17)15-8-7-9-3-1-2-4-11(9)15/h1-4,10H,5-8H2,(H,14,16). The molecule has 4 heteroatoms. The summed E-state index contributed by atoms with van der Waals surface area (Å²) in [5, 5.41) is 2.73. The molecule has 1 aliphatic carbocycles. The van der Waals surface area contributed by atoms with E-state index in [4.69, 9.17) is 0 Å². The van der Waals surface area contributed by atoms with Gasteiger partial charge in [0.05, 0.1) is 0 Å². The van der Waals surface area contributed by atoms with E-state index in [1.54, 1.807) is 4.90 Å². The fourth-order valence-corrected chi connectivity index (χ4v) is 2.15. The maximum absolute atomic E-state index is 12.0. The van der Waals surface area contributed by atoms with E-state index in [2.05, 4.69) is 5.32 Å². The third-order valence-electron chi connectivity index (χ3n) is 3.24. The van der Waals surface area contributed by atoms with Gasteiger partial charge in [-0.2, -0.15) is 0 Å². The van der Waals surface area contributed by atoms with Gasteiger partial charge in [-0.25, -0.2) is 0 Å². The van der Waals surface area contributed by atoms with Gasteiger partial charge in [-0.15, -0.1) is 0 Å². The Morgan fingerprint density at radius 2 is 2.00 bits per heavy atom. The molecule has 4 nitrogen and oxygen atoms in total. The molecule has 1 saturated carbocycles. The Morgan fingerprint density at radius 3 is 2.76 bits per heavy atom. The van der Waals surface area contributed by atoms with Crippen molar-refractivity contribution in [1.82, 2.24) is 5.32 Å². The van der Waals surface area contributed by atoms with Gasteiger partial charge >= 0.3 is 11.8 Å². The number of hydrogen-bond donors (Lipinski definition) is 1. The summed E-state index contributed by atoms with van der Waals surface area (Å²) < 4.78 is 0. The van der Waals surface area contributed by atoms with E-state index in [1.807, 2.05) is 24.3 Å². The van der Waals surface area contributed by atoms with Crippen LogP contribution < -0.4 is 10.2 Å². The second-order valence-corrected chi connectivity index (χ2v) is 4.58. The third kappa shape index (κ3) is 1.90. The van der Waals surface area contributed by atoms with E-state index in [0.29, 0.717) is 6.54 Å². The molecule has 2 aliphatic rings. The van der Waals surface area contributed by atoms with E-state index in [-0.39, 0.29) is 6.04 Å². The Morgan fingerprint density at radius 1 is 1.24 bits per heavy atom. The number of hydrogen-bond acceptors (Lipinski definition) is 2. The predicted molar refractivity (Wildman–Crippen MR) is 63.7 cm³/mol. The SMILES string of the molecule is O=C(NC1CC1)C(=O)N1CCc2ccccc21. The average molecular weight is 230 g/mol. The van der Waals surface area contributed by atoms with Crippen LogP contribution in [0.3, 0.4) is 0 Å². The van der Waals surface area contributed by atoms with Crippen LogP contribution in [-0.4, -0.2) is 24.4 Å². The lowest BCUT2D eigenvalue weighted by Crippen LogP contribution is -2.43. The first-order valence-corrected chi connectivity index (χ1v) is 5.96. The van der Waals surface area contributed by atoms with Gasteiger partial charge in [-0.1, -0.05) is 18.2 Å². The highest BCUT2D eigenvalue weighted by molar-refractivity contribution is 6.40. The number of benzene rings is 1. The van der Waals surface area contributed by atoms with Crippen LogP contribution in [0.1, 0.15) is 18.4 Å². The van der Waals surface area contributed by atoms with E-state index in [0.717, 1.165) is 30.5 Å². The molecule has 0 spiro atoms. The Balaban J connectivity index is 1.76. The molecular weight excluding hydrogens is 216 g/mol. The molecule has 0 bridgehead atoms. The molecule has 2 amide bonds. The van der Waals surface area contributed by atoms with Gasteiger partial charge in [0.1, 0.15) is 0 Å². The number of nitrogens with zero attached hydrogens (tertiary/aromatic N) is 1. The number of carbonyl (C=O) groups is 2. The van der Waals surface area contributed by atoms with E-state index < -0.39 is 11.8 Å². The third-order valence-corrected chi connectivity index (χ3v) is 3.24. The van der Waals surface area contributed by atoms with Crippen LogP contribution in [0, 0.1) is 0 Å². The van der Waals surface area contributed by atoms with Gasteiger partial charge < -0.3 is 10.2 Å². The van der Waals surface area contributed by atoms with Crippen LogP contribution in [0.2, 0.25) is 0 Å². The molecule has 0 saturated heterocycles. The first-order chi connectivity index (χ1) is 8.25. The molecular formula is C13H14N2O2. The minimum atomic E-state index is -0.468. The predicted octanol–water partition coefficient (Wildman–Crippen LogP) is 0.854. The zero-order chi connectivity index (χ0) is 11.8. The van der Waals surface area contributed by atoms with Crippen molar-refractivity contribution in [1.29, 1.82) is 0 Å². The minimum Gasteiger partial charge on any atom is -0.345 e. The van der Waals surface area contributed by atoms with Gasteiger partial charge in [-0.3, -0.25) is 9.59 Å². The summed E-state index contributed by atoms with van der Waals surface area (Å²) >= 11 is 0. The van der Waals surface area contributed by atoms with Gasteiger partial charge in [0.2, 0.25) is 0 Å². The molecule has 0 atom stereocenters. The summed E-state index contributed by atoms with van der Waals surface area (Å²) in [5.74, 6) is -0.897. The number of rotatable bonds is 1. The van der Waals surface area contributed by atoms with Crippen LogP contribution in [0.5, 0.6) is 0 Å². The summed E-state index contributed by atoms with van der Waals surface area (Å²) in [6.45, 7) is 0.607. The Kier molecular flexibility index (Phi) is 2.35. The largest absolute Gasteiger partial charge is 0.345 e. The summed E-state index contributed by atoms with van der Waals surface area (Å²) in [6.07, 6.45) is 2.82. The fourth-order valence-electron chi connectivity index (χ4n) is 2.15. The Hall–Kier alpha value is -1.84. The summed E-state index contributed by atoms with van der Waals surface area (Å²) in [6, 6.07) is 7.97. The summed E-state index contributed by atoms with van der Waals surface area (Å²) in [5.41, 5.74) is 2.02. The lowest BCUT2D eigenvalue weighted by Gasteiger charge is -2.16. The Bertz CT molecular complexity index is 480. The van der Waals surface area contributed by atoms with Crippen LogP contribution in [0.15, 0.2) is 24.3 Å². The van der Waals surface area contributed by atoms with E-state index in [1.165, 1.54) is 0 Å². The van der Waals surface area contributed by atoms with Crippen molar-refractivity contribution in [2.75, 3.05) is 11.4 Å². The summed E-state index contributed by atoms with van der Waals surface area (Å²) in [4.78, 5) is 25.2. The Labute approximate surface area is 99.6 Å². The number of amides is 2. The molecule has 1 heterocycles. The van der Waals surface area contributed by atoms with Crippen LogP contribution in [0.4, 0.5) is 5.69 Å². The number of para-hydroxylation sites is 1. The maximum Gasteiger partial charge on any atom is 0.316 e. The normalized spacial score (nSPS) is 17.8. The summed E-state index contributed by atoms with van der Waals surface area (Å²) in [7, 11) is 0. The lowest BCUT2D eigenvalue weighted by atomic mass is 10.2. The highest BCUT2D eigenvalue weighted by Crippen LogP contribution is 2.27. The van der Waals surface area contributed by atoms with Gasteiger partial charge in [0, 0.05) is 18.3 Å². The van der Waals surface area contributed by atoms with Crippen LogP contribution in [-0.2, 0) is 16.0 Å². The quantitative estimate of drug-likeness (QED) is 0.727. The van der Waals surface area contributed by atoms with Crippen molar-refractivity contribution in [2.24, 2.45) is 0 Å². The molecule has 88 valence electrons. The van der Waals surface area contributed by atoms with Gasteiger partial charge in [0.15, 0.2) is 0 Å². The van der Waals surface area contributed by atoms with Gasteiger partial charge in [0.25, 0.3) is 0 Å².